The smallest absolute Gasteiger partial charge is 0.341 e. The van der Waals surface area contributed by atoms with E-state index in [4.69, 9.17) is 4.74 Å². The van der Waals surface area contributed by atoms with Crippen molar-refractivity contribution in [3.05, 3.63) is 29.8 Å². The molecule has 0 spiro atoms. The van der Waals surface area contributed by atoms with Crippen LogP contribution in [0.1, 0.15) is 49.9 Å². The van der Waals surface area contributed by atoms with Crippen molar-refractivity contribution in [2.24, 2.45) is 5.92 Å². The molecule has 5 nitrogen and oxygen atoms in total. The topological polar surface area (TPSA) is 113 Å². The van der Waals surface area contributed by atoms with Crippen molar-refractivity contribution in [1.82, 2.24) is 6.15 Å². The van der Waals surface area contributed by atoms with Crippen LogP contribution in [0.3, 0.4) is 0 Å². The van der Waals surface area contributed by atoms with Gasteiger partial charge in [0.1, 0.15) is 11.3 Å². The van der Waals surface area contributed by atoms with E-state index in [0.29, 0.717) is 12.5 Å². The maximum Gasteiger partial charge on any atom is 0.341 e. The maximum atomic E-state index is 11.8. The Kier molecular flexibility index (Phi) is 11.7. The minimum Gasteiger partial charge on any atom is -0.870 e. The van der Waals surface area contributed by atoms with Gasteiger partial charge in [-0.3, -0.25) is 0 Å². The van der Waals surface area contributed by atoms with Crippen LogP contribution in [0.4, 0.5) is 0 Å². The van der Waals surface area contributed by atoms with Crippen molar-refractivity contribution < 1.29 is 20.1 Å². The summed E-state index contributed by atoms with van der Waals surface area (Å²) in [6, 6.07) is 6.46. The molecule has 1 rings (SSSR count). The lowest BCUT2D eigenvalue weighted by atomic mass is 10.0. The molecular formula is C15H27NO4. The average molecular weight is 285 g/mol. The molecular weight excluding hydrogens is 258 g/mol. The predicted octanol–water partition coefficient (Wildman–Crippen LogP) is 3.96. The molecule has 6 N–H and O–H groups in total. The highest BCUT2D eigenvalue weighted by molar-refractivity contribution is 5.92. The van der Waals surface area contributed by atoms with Gasteiger partial charge < -0.3 is 21.5 Å². The van der Waals surface area contributed by atoms with E-state index >= 15 is 0 Å². The van der Waals surface area contributed by atoms with Gasteiger partial charge in [-0.15, -0.1) is 0 Å². The number of para-hydroxylation sites is 1. The van der Waals surface area contributed by atoms with Gasteiger partial charge in [0.15, 0.2) is 0 Å². The van der Waals surface area contributed by atoms with Crippen molar-refractivity contribution in [1.29, 1.82) is 0 Å². The Labute approximate surface area is 120 Å². The summed E-state index contributed by atoms with van der Waals surface area (Å²) in [5.74, 6) is -0.0492. The molecule has 1 atom stereocenters. The summed E-state index contributed by atoms with van der Waals surface area (Å²) in [6.45, 7) is 4.69. The fourth-order valence-electron chi connectivity index (χ4n) is 1.82. The third-order valence-corrected chi connectivity index (χ3v) is 3.12. The van der Waals surface area contributed by atoms with E-state index in [1.165, 1.54) is 6.07 Å². The highest BCUT2D eigenvalue weighted by Gasteiger charge is 2.14. The Morgan fingerprint density at radius 2 is 1.95 bits per heavy atom. The molecule has 116 valence electrons. The second kappa shape index (κ2) is 11.3. The quantitative estimate of drug-likeness (QED) is 0.738. The summed E-state index contributed by atoms with van der Waals surface area (Å²) < 4.78 is 5.26. The summed E-state index contributed by atoms with van der Waals surface area (Å²) in [5.41, 5.74) is 0.239. The fraction of sp³-hybridized carbons (Fsp3) is 0.533. The van der Waals surface area contributed by atoms with Crippen molar-refractivity contribution >= 4 is 5.97 Å². The SMILES string of the molecule is CCCCC(CC)COC(=O)c1ccccc1O.[NH4+].[OH-]. The van der Waals surface area contributed by atoms with Crippen molar-refractivity contribution in [2.75, 3.05) is 6.61 Å². The van der Waals surface area contributed by atoms with E-state index in [2.05, 4.69) is 13.8 Å². The van der Waals surface area contributed by atoms with Crippen molar-refractivity contribution in [3.63, 3.8) is 0 Å². The van der Waals surface area contributed by atoms with Crippen LogP contribution in [0.2, 0.25) is 0 Å². The third kappa shape index (κ3) is 6.54. The summed E-state index contributed by atoms with van der Waals surface area (Å²) in [6.07, 6.45) is 4.41. The second-order valence-electron chi connectivity index (χ2n) is 4.53. The molecule has 1 unspecified atom stereocenters. The third-order valence-electron chi connectivity index (χ3n) is 3.12. The zero-order valence-electron chi connectivity index (χ0n) is 12.6. The van der Waals surface area contributed by atoms with Gasteiger partial charge in [-0.05, 0) is 24.5 Å². The molecule has 1 aromatic carbocycles. The summed E-state index contributed by atoms with van der Waals surface area (Å²) in [4.78, 5) is 11.8. The molecule has 0 amide bonds. The standard InChI is InChI=1S/C15H22O3.H3N.H2O/c1-3-5-8-12(4-2)11-18-15(17)13-9-6-7-10-14(13)16;;/h6-7,9-10,12,16H,3-5,8,11H2,1-2H3;1H3;1H2. The van der Waals surface area contributed by atoms with Crippen molar-refractivity contribution in [3.8, 4) is 5.75 Å². The van der Waals surface area contributed by atoms with Gasteiger partial charge in [-0.2, -0.15) is 0 Å². The fourth-order valence-corrected chi connectivity index (χ4v) is 1.82. The number of benzene rings is 1. The first-order valence-corrected chi connectivity index (χ1v) is 6.64. The molecule has 0 aliphatic carbocycles. The highest BCUT2D eigenvalue weighted by atomic mass is 16.5. The van der Waals surface area contributed by atoms with Gasteiger partial charge in [0, 0.05) is 0 Å². The molecule has 0 bridgehead atoms. The number of rotatable bonds is 7. The number of aromatic hydroxyl groups is 1. The molecule has 0 aliphatic rings. The molecule has 0 aliphatic heterocycles. The van der Waals surface area contributed by atoms with Crippen LogP contribution in [0, 0.1) is 5.92 Å². The molecule has 20 heavy (non-hydrogen) atoms. The lowest BCUT2D eigenvalue weighted by Crippen LogP contribution is -2.14. The zero-order chi connectivity index (χ0) is 13.4. The van der Waals surface area contributed by atoms with Crippen LogP contribution in [-0.4, -0.2) is 23.2 Å². The number of carbonyl (C=O) groups excluding carboxylic acids is 1. The van der Waals surface area contributed by atoms with Crippen LogP contribution < -0.4 is 6.15 Å². The molecule has 0 radical (unpaired) electrons. The number of phenolic OH excluding ortho intramolecular Hbond substituents is 1. The number of quaternary nitrogens is 1. The number of hydrogen-bond acceptors (Lipinski definition) is 4. The number of ether oxygens (including phenoxy) is 1. The number of carbonyl (C=O) groups is 1. The highest BCUT2D eigenvalue weighted by Crippen LogP contribution is 2.18. The normalized spacial score (nSPS) is 10.9. The van der Waals surface area contributed by atoms with Crippen LogP contribution >= 0.6 is 0 Å². The van der Waals surface area contributed by atoms with Gasteiger partial charge >= 0.3 is 5.97 Å². The zero-order valence-corrected chi connectivity index (χ0v) is 12.6. The van der Waals surface area contributed by atoms with Crippen LogP contribution in [0.15, 0.2) is 24.3 Å². The molecule has 0 saturated heterocycles. The number of esters is 1. The Hall–Kier alpha value is -1.59. The minimum absolute atomic E-state index is 0. The number of unbranched alkanes of at least 4 members (excludes halogenated alkanes) is 1. The van der Waals surface area contributed by atoms with E-state index in [9.17, 15) is 9.90 Å². The molecule has 0 aromatic heterocycles. The predicted molar refractivity (Wildman–Crippen MR) is 79.6 cm³/mol. The maximum absolute atomic E-state index is 11.8. The molecule has 1 aromatic rings. The molecule has 0 fully saturated rings. The van der Waals surface area contributed by atoms with E-state index in [0.717, 1.165) is 25.7 Å². The van der Waals surface area contributed by atoms with E-state index < -0.39 is 5.97 Å². The molecule has 0 heterocycles. The van der Waals surface area contributed by atoms with E-state index in [1.54, 1.807) is 18.2 Å². The Bertz CT molecular complexity index is 382. The first-order chi connectivity index (χ1) is 8.69. The van der Waals surface area contributed by atoms with Gasteiger partial charge in [0.2, 0.25) is 0 Å². The lowest BCUT2D eigenvalue weighted by Gasteiger charge is -2.14. The average Bonchev–Trinajstić information content (AvgIpc) is 2.39. The number of phenols is 1. The summed E-state index contributed by atoms with van der Waals surface area (Å²) in [7, 11) is 0. The van der Waals surface area contributed by atoms with Gasteiger partial charge in [0.05, 0.1) is 6.61 Å². The van der Waals surface area contributed by atoms with E-state index in [-0.39, 0.29) is 22.9 Å². The largest absolute Gasteiger partial charge is 0.870 e. The summed E-state index contributed by atoms with van der Waals surface area (Å²) in [5, 5.41) is 9.54. The Morgan fingerprint density at radius 1 is 1.30 bits per heavy atom. The van der Waals surface area contributed by atoms with Crippen LogP contribution in [0.5, 0.6) is 5.75 Å². The van der Waals surface area contributed by atoms with Crippen LogP contribution in [0.25, 0.3) is 0 Å². The molecule has 0 saturated carbocycles. The Morgan fingerprint density at radius 3 is 2.50 bits per heavy atom. The number of hydrogen-bond donors (Lipinski definition) is 2. The van der Waals surface area contributed by atoms with E-state index in [1.807, 2.05) is 0 Å². The minimum atomic E-state index is -0.442. The van der Waals surface area contributed by atoms with Gasteiger partial charge in [-0.25, -0.2) is 4.79 Å². The first kappa shape index (κ1) is 20.7. The van der Waals surface area contributed by atoms with Gasteiger partial charge in [0.25, 0.3) is 0 Å². The van der Waals surface area contributed by atoms with Crippen LogP contribution in [-0.2, 0) is 4.74 Å². The Balaban J connectivity index is 0. The van der Waals surface area contributed by atoms with Crippen molar-refractivity contribution in [2.45, 2.75) is 39.5 Å². The first-order valence-electron chi connectivity index (χ1n) is 6.64. The lowest BCUT2D eigenvalue weighted by molar-refractivity contribution is 0.0425. The van der Waals surface area contributed by atoms with Gasteiger partial charge in [-0.1, -0.05) is 45.2 Å². The monoisotopic (exact) mass is 285 g/mol. The molecule has 5 heteroatoms. The summed E-state index contributed by atoms with van der Waals surface area (Å²) >= 11 is 0. The second-order valence-corrected chi connectivity index (χ2v) is 4.53.